The molecule has 11 rings (SSSR count). The van der Waals surface area contributed by atoms with Gasteiger partial charge in [-0.3, -0.25) is 4.98 Å². The number of aromatic nitrogens is 4. The Hall–Kier alpha value is -7.43. The summed E-state index contributed by atoms with van der Waals surface area (Å²) in [6.07, 6.45) is 3.68. The number of para-hydroxylation sites is 2. The standard InChI is InChI=1S/C54H38N4/c1-54(2)47-17-9-6-14-43(47)44-25-24-39(33-48(44)54)49-34-50(57-53(56-49)38-12-4-3-5-13-38)41-30-40(36-22-20-35(21-23-36)37-26-28-55-29-27-37)31-42(32-41)58-51-18-10-7-15-45(51)46-16-8-11-19-52(46)58/h3-34H,1-2H3. The number of hydrogen-bond donors (Lipinski definition) is 0. The summed E-state index contributed by atoms with van der Waals surface area (Å²) in [5.41, 5.74) is 17.9. The van der Waals surface area contributed by atoms with Crippen LogP contribution in [-0.2, 0) is 5.41 Å². The molecule has 4 heteroatoms. The average Bonchev–Trinajstić information content (AvgIpc) is 3.75. The van der Waals surface area contributed by atoms with Gasteiger partial charge >= 0.3 is 0 Å². The summed E-state index contributed by atoms with van der Waals surface area (Å²) in [5.74, 6) is 0.696. The van der Waals surface area contributed by atoms with Gasteiger partial charge in [0, 0.05) is 51.0 Å². The van der Waals surface area contributed by atoms with E-state index in [9.17, 15) is 0 Å². The first kappa shape index (κ1) is 33.9. The molecular formula is C54H38N4. The molecule has 0 atom stereocenters. The van der Waals surface area contributed by atoms with E-state index in [1.165, 1.54) is 33.0 Å². The molecule has 0 unspecified atom stereocenters. The molecule has 0 amide bonds. The summed E-state index contributed by atoms with van der Waals surface area (Å²) < 4.78 is 2.39. The van der Waals surface area contributed by atoms with Crippen molar-refractivity contribution in [1.82, 2.24) is 19.5 Å². The second kappa shape index (κ2) is 13.4. The molecular weight excluding hydrogens is 705 g/mol. The summed E-state index contributed by atoms with van der Waals surface area (Å²) >= 11 is 0. The molecule has 1 aliphatic carbocycles. The van der Waals surface area contributed by atoms with Crippen LogP contribution in [0.1, 0.15) is 25.0 Å². The maximum atomic E-state index is 5.34. The number of pyridine rings is 1. The van der Waals surface area contributed by atoms with Crippen LogP contribution in [-0.4, -0.2) is 19.5 Å². The highest BCUT2D eigenvalue weighted by Gasteiger charge is 2.35. The van der Waals surface area contributed by atoms with Gasteiger partial charge in [0.15, 0.2) is 5.82 Å². The van der Waals surface area contributed by atoms with Gasteiger partial charge < -0.3 is 4.57 Å². The summed E-state index contributed by atoms with van der Waals surface area (Å²) in [5, 5.41) is 2.45. The molecule has 3 aromatic heterocycles. The predicted octanol–water partition coefficient (Wildman–Crippen LogP) is 13.6. The van der Waals surface area contributed by atoms with Gasteiger partial charge in [-0.15, -0.1) is 0 Å². The Balaban J connectivity index is 1.13. The van der Waals surface area contributed by atoms with Gasteiger partial charge in [-0.2, -0.15) is 0 Å². The van der Waals surface area contributed by atoms with Crippen molar-refractivity contribution in [3.05, 3.63) is 206 Å². The van der Waals surface area contributed by atoms with Crippen molar-refractivity contribution in [2.75, 3.05) is 0 Å². The van der Waals surface area contributed by atoms with E-state index in [1.54, 1.807) is 0 Å². The first-order chi connectivity index (χ1) is 28.5. The maximum Gasteiger partial charge on any atom is 0.160 e. The van der Waals surface area contributed by atoms with Crippen molar-refractivity contribution < 1.29 is 0 Å². The van der Waals surface area contributed by atoms with E-state index in [-0.39, 0.29) is 5.41 Å². The molecule has 0 aliphatic heterocycles. The minimum absolute atomic E-state index is 0.126. The quantitative estimate of drug-likeness (QED) is 0.170. The lowest BCUT2D eigenvalue weighted by atomic mass is 9.82. The predicted molar refractivity (Wildman–Crippen MR) is 239 cm³/mol. The number of rotatable bonds is 6. The summed E-state index contributed by atoms with van der Waals surface area (Å²) in [4.78, 5) is 14.8. The second-order valence-corrected chi connectivity index (χ2v) is 15.7. The zero-order chi connectivity index (χ0) is 38.8. The highest BCUT2D eigenvalue weighted by molar-refractivity contribution is 6.09. The topological polar surface area (TPSA) is 43.6 Å². The summed E-state index contributed by atoms with van der Waals surface area (Å²) in [7, 11) is 0. The zero-order valence-electron chi connectivity index (χ0n) is 32.3. The van der Waals surface area contributed by atoms with Crippen LogP contribution in [0.25, 0.3) is 94.8 Å². The Kier molecular flexibility index (Phi) is 7.80. The second-order valence-electron chi connectivity index (χ2n) is 15.7. The number of fused-ring (bicyclic) bond motifs is 6. The van der Waals surface area contributed by atoms with Gasteiger partial charge in [-0.1, -0.05) is 141 Å². The lowest BCUT2D eigenvalue weighted by molar-refractivity contribution is 0.660. The fourth-order valence-corrected chi connectivity index (χ4v) is 8.98. The molecule has 0 saturated heterocycles. The van der Waals surface area contributed by atoms with Crippen molar-refractivity contribution in [2.24, 2.45) is 0 Å². The Bertz CT molecular complexity index is 3130. The normalized spacial score (nSPS) is 12.8. The Morgan fingerprint density at radius 3 is 1.67 bits per heavy atom. The lowest BCUT2D eigenvalue weighted by Crippen LogP contribution is -2.14. The molecule has 0 N–H and O–H groups in total. The molecule has 3 heterocycles. The highest BCUT2D eigenvalue weighted by Crippen LogP contribution is 2.49. The molecule has 274 valence electrons. The first-order valence-corrected chi connectivity index (χ1v) is 19.8. The van der Waals surface area contributed by atoms with Gasteiger partial charge in [-0.25, -0.2) is 9.97 Å². The van der Waals surface area contributed by atoms with Gasteiger partial charge in [0.2, 0.25) is 0 Å². The van der Waals surface area contributed by atoms with E-state index >= 15 is 0 Å². The van der Waals surface area contributed by atoms with Crippen LogP contribution in [0.15, 0.2) is 194 Å². The molecule has 0 radical (unpaired) electrons. The third kappa shape index (κ3) is 5.56. The Morgan fingerprint density at radius 2 is 0.948 bits per heavy atom. The average molecular weight is 743 g/mol. The lowest BCUT2D eigenvalue weighted by Gasteiger charge is -2.22. The van der Waals surface area contributed by atoms with E-state index in [0.717, 1.165) is 67.1 Å². The first-order valence-electron chi connectivity index (χ1n) is 19.8. The number of nitrogens with zero attached hydrogens (tertiary/aromatic N) is 4. The molecule has 1 aliphatic rings. The van der Waals surface area contributed by atoms with Crippen LogP contribution < -0.4 is 0 Å². The monoisotopic (exact) mass is 742 g/mol. The molecule has 10 aromatic rings. The van der Waals surface area contributed by atoms with Crippen LogP contribution in [0.2, 0.25) is 0 Å². The molecule has 0 saturated carbocycles. The Labute approximate surface area is 337 Å². The molecule has 0 spiro atoms. The largest absolute Gasteiger partial charge is 0.309 e. The molecule has 7 aromatic carbocycles. The summed E-state index contributed by atoms with van der Waals surface area (Å²) in [6.45, 7) is 4.65. The molecule has 0 fully saturated rings. The van der Waals surface area contributed by atoms with Gasteiger partial charge in [0.25, 0.3) is 0 Å². The van der Waals surface area contributed by atoms with Gasteiger partial charge in [0.1, 0.15) is 0 Å². The number of hydrogen-bond acceptors (Lipinski definition) is 3. The van der Waals surface area contributed by atoms with Crippen molar-refractivity contribution in [3.63, 3.8) is 0 Å². The van der Waals surface area contributed by atoms with E-state index < -0.39 is 0 Å². The highest BCUT2D eigenvalue weighted by atomic mass is 15.0. The minimum Gasteiger partial charge on any atom is -0.309 e. The molecule has 0 bridgehead atoms. The third-order valence-corrected chi connectivity index (χ3v) is 11.9. The fourth-order valence-electron chi connectivity index (χ4n) is 8.98. The van der Waals surface area contributed by atoms with Crippen LogP contribution in [0, 0.1) is 0 Å². The van der Waals surface area contributed by atoms with Crippen LogP contribution >= 0.6 is 0 Å². The van der Waals surface area contributed by atoms with Crippen LogP contribution in [0.5, 0.6) is 0 Å². The smallest absolute Gasteiger partial charge is 0.160 e. The molecule has 4 nitrogen and oxygen atoms in total. The maximum absolute atomic E-state index is 5.34. The van der Waals surface area contributed by atoms with Crippen molar-refractivity contribution in [1.29, 1.82) is 0 Å². The van der Waals surface area contributed by atoms with Crippen LogP contribution in [0.4, 0.5) is 0 Å². The van der Waals surface area contributed by atoms with Crippen molar-refractivity contribution >= 4 is 21.8 Å². The SMILES string of the molecule is CC1(C)c2ccccc2-c2ccc(-c3cc(-c4cc(-c5ccc(-c6ccncc6)cc5)cc(-n5c6ccccc6c6ccccc65)c4)nc(-c4ccccc4)n3)cc21. The van der Waals surface area contributed by atoms with E-state index in [4.69, 9.17) is 9.97 Å². The Morgan fingerprint density at radius 1 is 0.397 bits per heavy atom. The van der Waals surface area contributed by atoms with Gasteiger partial charge in [0.05, 0.1) is 22.4 Å². The van der Waals surface area contributed by atoms with Crippen molar-refractivity contribution in [2.45, 2.75) is 19.3 Å². The summed E-state index contributed by atoms with van der Waals surface area (Å²) in [6, 6.07) is 65.3. The van der Waals surface area contributed by atoms with Gasteiger partial charge in [-0.05, 0) is 99.1 Å². The van der Waals surface area contributed by atoms with E-state index in [0.29, 0.717) is 5.82 Å². The molecule has 58 heavy (non-hydrogen) atoms. The minimum atomic E-state index is -0.126. The van der Waals surface area contributed by atoms with Crippen molar-refractivity contribution in [3.8, 4) is 73.0 Å². The van der Waals surface area contributed by atoms with E-state index in [1.807, 2.05) is 30.6 Å². The third-order valence-electron chi connectivity index (χ3n) is 11.9. The van der Waals surface area contributed by atoms with E-state index in [2.05, 4.69) is 187 Å². The van der Waals surface area contributed by atoms with Crippen LogP contribution in [0.3, 0.4) is 0 Å². The fraction of sp³-hybridized carbons (Fsp3) is 0.0556. The zero-order valence-corrected chi connectivity index (χ0v) is 32.3. The number of benzene rings is 7.